The third-order valence-corrected chi connectivity index (χ3v) is 5.52. The number of ether oxygens (including phenoxy) is 1. The van der Waals surface area contributed by atoms with Gasteiger partial charge in [0.05, 0.1) is 5.57 Å². The summed E-state index contributed by atoms with van der Waals surface area (Å²) in [7, 11) is 0. The zero-order valence-electron chi connectivity index (χ0n) is 25.1. The Bertz CT molecular complexity index is 1220. The van der Waals surface area contributed by atoms with Crippen molar-refractivity contribution >= 4 is 0 Å². The molecule has 0 spiro atoms. The van der Waals surface area contributed by atoms with Crippen molar-refractivity contribution in [2.24, 2.45) is 11.8 Å². The molecule has 0 heterocycles. The van der Waals surface area contributed by atoms with E-state index < -0.39 is 57.7 Å². The summed E-state index contributed by atoms with van der Waals surface area (Å²) in [4.78, 5) is 0. The lowest BCUT2D eigenvalue weighted by molar-refractivity contribution is -0.177. The van der Waals surface area contributed by atoms with Gasteiger partial charge in [-0.3, -0.25) is 0 Å². The van der Waals surface area contributed by atoms with Crippen LogP contribution in [-0.4, -0.2) is 6.11 Å². The average Bonchev–Trinajstić information content (AvgIpc) is 2.90. The highest BCUT2D eigenvalue weighted by Crippen LogP contribution is 2.35. The second-order valence-electron chi connectivity index (χ2n) is 9.39. The van der Waals surface area contributed by atoms with Crippen LogP contribution in [0, 0.1) is 11.8 Å². The van der Waals surface area contributed by atoms with Crippen molar-refractivity contribution in [3.8, 4) is 0 Å². The average molecular weight is 599 g/mol. The van der Waals surface area contributed by atoms with Gasteiger partial charge >= 0.3 is 6.11 Å². The van der Waals surface area contributed by atoms with Crippen molar-refractivity contribution in [1.29, 1.82) is 0 Å². The fraction of sp³-hybridized carbons (Fsp3) is 0.294. The molecule has 0 aromatic rings. The normalized spacial score (nSPS) is 13.5. The second kappa shape index (κ2) is 18.6. The molecule has 0 saturated heterocycles. The number of hydrogen-bond acceptors (Lipinski definition) is 1. The molecule has 0 fully saturated rings. The Morgan fingerprint density at radius 2 is 1.07 bits per heavy atom. The summed E-state index contributed by atoms with van der Waals surface area (Å²) < 4.78 is 103. The lowest BCUT2D eigenvalue weighted by Gasteiger charge is -2.20. The minimum absolute atomic E-state index is 0.163. The molecule has 0 aromatic carbocycles. The first-order valence-corrected chi connectivity index (χ1v) is 13.0. The molecule has 0 aliphatic rings. The van der Waals surface area contributed by atoms with Crippen molar-refractivity contribution in [2.75, 3.05) is 0 Å². The van der Waals surface area contributed by atoms with Gasteiger partial charge in [-0.25, -0.2) is 22.0 Å². The molecule has 0 N–H and O–H groups in total. The van der Waals surface area contributed by atoms with E-state index in [1.54, 1.807) is 6.92 Å². The third-order valence-electron chi connectivity index (χ3n) is 5.52. The van der Waals surface area contributed by atoms with Crippen molar-refractivity contribution in [3.05, 3.63) is 145 Å². The van der Waals surface area contributed by atoms with Crippen molar-refractivity contribution in [1.82, 2.24) is 0 Å². The van der Waals surface area contributed by atoms with E-state index in [1.807, 2.05) is 27.7 Å². The molecule has 0 saturated carbocycles. The number of hydrogen-bond donors (Lipinski definition) is 0. The Kier molecular flexibility index (Phi) is 17.8. The molecule has 0 aromatic heterocycles. The van der Waals surface area contributed by atoms with Crippen LogP contribution in [0.3, 0.4) is 0 Å². The van der Waals surface area contributed by atoms with Crippen LogP contribution >= 0.6 is 0 Å². The van der Waals surface area contributed by atoms with Crippen LogP contribution in [0.15, 0.2) is 145 Å². The molecule has 8 heteroatoms. The van der Waals surface area contributed by atoms with Gasteiger partial charge in [-0.05, 0) is 53.2 Å². The van der Waals surface area contributed by atoms with E-state index in [0.717, 1.165) is 12.5 Å². The Balaban J connectivity index is 0. The van der Waals surface area contributed by atoms with Crippen LogP contribution in [0.2, 0.25) is 0 Å². The summed E-state index contributed by atoms with van der Waals surface area (Å²) in [5, 5.41) is 0. The Hall–Kier alpha value is -3.81. The van der Waals surface area contributed by atoms with Gasteiger partial charge in [-0.2, -0.15) is 8.78 Å². The topological polar surface area (TPSA) is 9.23 Å². The Morgan fingerprint density at radius 3 is 1.50 bits per heavy atom. The van der Waals surface area contributed by atoms with Crippen LogP contribution in [0.4, 0.5) is 30.7 Å². The minimum Gasteiger partial charge on any atom is -0.429 e. The van der Waals surface area contributed by atoms with Crippen LogP contribution < -0.4 is 0 Å². The quantitative estimate of drug-likeness (QED) is 0.0919. The summed E-state index contributed by atoms with van der Waals surface area (Å²) in [6.07, 6.45) is -0.313. The van der Waals surface area contributed by atoms with E-state index in [1.165, 1.54) is 0 Å². The number of halogens is 7. The van der Waals surface area contributed by atoms with Gasteiger partial charge in [0.25, 0.3) is 0 Å². The van der Waals surface area contributed by atoms with Gasteiger partial charge in [-0.1, -0.05) is 93.7 Å². The van der Waals surface area contributed by atoms with E-state index in [-0.39, 0.29) is 22.6 Å². The van der Waals surface area contributed by atoms with E-state index in [0.29, 0.717) is 30.6 Å². The highest BCUT2D eigenvalue weighted by molar-refractivity contribution is 5.54. The first-order valence-electron chi connectivity index (χ1n) is 13.0. The fourth-order valence-corrected chi connectivity index (χ4v) is 2.74. The molecule has 0 aliphatic heterocycles. The zero-order valence-corrected chi connectivity index (χ0v) is 25.1. The Labute approximate surface area is 246 Å². The van der Waals surface area contributed by atoms with E-state index in [9.17, 15) is 30.7 Å². The number of rotatable bonds is 17. The maximum atomic E-state index is 14.6. The molecule has 0 radical (unpaired) electrons. The number of allylic oxidation sites excluding steroid dienone is 13. The van der Waals surface area contributed by atoms with Crippen LogP contribution in [0.25, 0.3) is 0 Å². The van der Waals surface area contributed by atoms with Crippen molar-refractivity contribution < 1.29 is 35.5 Å². The van der Waals surface area contributed by atoms with E-state index in [4.69, 9.17) is 0 Å². The molecule has 1 atom stereocenters. The molecule has 0 aliphatic carbocycles. The lowest BCUT2D eigenvalue weighted by atomic mass is 9.93. The largest absolute Gasteiger partial charge is 0.429 e. The number of alkyl halides is 2. The summed E-state index contributed by atoms with van der Waals surface area (Å²) in [6.45, 7) is 35.9. The highest BCUT2D eigenvalue weighted by atomic mass is 19.3. The summed E-state index contributed by atoms with van der Waals surface area (Å²) >= 11 is 0. The molecule has 42 heavy (non-hydrogen) atoms. The van der Waals surface area contributed by atoms with Gasteiger partial charge < -0.3 is 4.74 Å². The summed E-state index contributed by atoms with van der Waals surface area (Å²) in [6, 6.07) is 0. The van der Waals surface area contributed by atoms with E-state index in [2.05, 4.69) is 57.4 Å². The van der Waals surface area contributed by atoms with Crippen LogP contribution in [0.1, 0.15) is 47.5 Å². The molecule has 0 amide bonds. The molecule has 0 bridgehead atoms. The smallest absolute Gasteiger partial charge is 0.428 e. The van der Waals surface area contributed by atoms with Crippen LogP contribution in [-0.2, 0) is 4.74 Å². The third kappa shape index (κ3) is 14.2. The SMILES string of the molecule is C=C(/C=C(/F)C(=C)C(=C)/C=C(/F)C(=C)C(=C)/C=C(/F)C(=C)F)OC(F)(F)C(=C)/C(F)=C\C(=C)C(C)CCC(C)C.CC. The molecule has 232 valence electrons. The zero-order chi connectivity index (χ0) is 33.5. The minimum atomic E-state index is -4.30. The monoisotopic (exact) mass is 598 g/mol. The molecule has 1 nitrogen and oxygen atoms in total. The van der Waals surface area contributed by atoms with Gasteiger partial charge in [0.15, 0.2) is 11.7 Å². The standard InChI is InChI=1S/C32H35F7O.C2H6/c1-18(2)12-13-19(3)20(4)14-30(36)26(10)32(38,39)40-23(7)17-29(35)25(9)21(5)15-28(34)24(8)22(6)16-31(37)27(11)33;1-2/h14-19H,4-13H2,1-3H3;1-2H3/b28-15+,29-17+,30-14+,31-16+;. The summed E-state index contributed by atoms with van der Waals surface area (Å²) in [5.41, 5.74) is -2.80. The van der Waals surface area contributed by atoms with Gasteiger partial charge in [0, 0.05) is 17.2 Å². The maximum absolute atomic E-state index is 14.6. The van der Waals surface area contributed by atoms with Crippen LogP contribution in [0.5, 0.6) is 0 Å². The maximum Gasteiger partial charge on any atom is 0.428 e. The van der Waals surface area contributed by atoms with Gasteiger partial charge in [0.2, 0.25) is 0 Å². The lowest BCUT2D eigenvalue weighted by Crippen LogP contribution is -2.23. The Morgan fingerprint density at radius 1 is 0.643 bits per heavy atom. The predicted octanol–water partition coefficient (Wildman–Crippen LogP) is 12.4. The van der Waals surface area contributed by atoms with Crippen molar-refractivity contribution in [3.63, 3.8) is 0 Å². The first kappa shape index (κ1) is 40.3. The molecular formula is C34H41F7O. The predicted molar refractivity (Wildman–Crippen MR) is 162 cm³/mol. The van der Waals surface area contributed by atoms with Gasteiger partial charge in [0.1, 0.15) is 23.2 Å². The molecule has 0 rings (SSSR count). The summed E-state index contributed by atoms with van der Waals surface area (Å²) in [5.74, 6) is -7.28. The van der Waals surface area contributed by atoms with Gasteiger partial charge in [-0.15, -0.1) is 0 Å². The fourth-order valence-electron chi connectivity index (χ4n) is 2.74. The first-order chi connectivity index (χ1) is 19.2. The molecular weight excluding hydrogens is 557 g/mol. The van der Waals surface area contributed by atoms with E-state index >= 15 is 0 Å². The van der Waals surface area contributed by atoms with Crippen molar-refractivity contribution in [2.45, 2.75) is 53.6 Å². The molecule has 1 unspecified atom stereocenters. The highest BCUT2D eigenvalue weighted by Gasteiger charge is 2.38. The second-order valence-corrected chi connectivity index (χ2v) is 9.39.